The number of nitrogen functional groups attached to an aromatic ring is 1. The topological polar surface area (TPSA) is 55.0 Å². The normalized spacial score (nSPS) is 28.7. The molecule has 0 amide bonds. The van der Waals surface area contributed by atoms with Crippen molar-refractivity contribution >= 4 is 27.7 Å². The Balaban J connectivity index is 1.96. The van der Waals surface area contributed by atoms with Crippen LogP contribution in [0.3, 0.4) is 0 Å². The first-order chi connectivity index (χ1) is 7.24. The molecule has 2 atom stereocenters. The van der Waals surface area contributed by atoms with Gasteiger partial charge in [-0.2, -0.15) is 4.98 Å². The first-order valence-corrected chi connectivity index (χ1v) is 6.08. The van der Waals surface area contributed by atoms with E-state index in [0.29, 0.717) is 12.0 Å². The van der Waals surface area contributed by atoms with Crippen LogP contribution in [0.15, 0.2) is 10.7 Å². The second kappa shape index (κ2) is 3.33. The predicted octanol–water partition coefficient (Wildman–Crippen LogP) is 1.81. The second-order valence-corrected chi connectivity index (χ2v) is 5.24. The Labute approximate surface area is 97.0 Å². The lowest BCUT2D eigenvalue weighted by atomic mass is 10.1. The third-order valence-corrected chi connectivity index (χ3v) is 3.98. The summed E-state index contributed by atoms with van der Waals surface area (Å²) in [4.78, 5) is 10.7. The average molecular weight is 269 g/mol. The quantitative estimate of drug-likeness (QED) is 0.844. The van der Waals surface area contributed by atoms with E-state index >= 15 is 0 Å². The Bertz CT molecular complexity index is 395. The van der Waals surface area contributed by atoms with Crippen LogP contribution in [0.2, 0.25) is 0 Å². The van der Waals surface area contributed by atoms with Crippen molar-refractivity contribution in [3.63, 3.8) is 0 Å². The van der Waals surface area contributed by atoms with Gasteiger partial charge in [0.05, 0.1) is 4.47 Å². The van der Waals surface area contributed by atoms with E-state index in [0.717, 1.165) is 22.8 Å². The first kappa shape index (κ1) is 9.39. The highest BCUT2D eigenvalue weighted by atomic mass is 79.9. The van der Waals surface area contributed by atoms with Crippen LogP contribution in [0.1, 0.15) is 19.3 Å². The van der Waals surface area contributed by atoms with Gasteiger partial charge in [-0.3, -0.25) is 0 Å². The zero-order chi connectivity index (χ0) is 10.4. The van der Waals surface area contributed by atoms with Crippen molar-refractivity contribution in [1.29, 1.82) is 0 Å². The molecular formula is C10H13BrN4. The molecule has 1 saturated heterocycles. The van der Waals surface area contributed by atoms with Crippen molar-refractivity contribution < 1.29 is 0 Å². The summed E-state index contributed by atoms with van der Waals surface area (Å²) in [5.74, 6) is 2.18. The van der Waals surface area contributed by atoms with Gasteiger partial charge in [-0.05, 0) is 41.1 Å². The third kappa shape index (κ3) is 1.49. The summed E-state index contributed by atoms with van der Waals surface area (Å²) in [5.41, 5.74) is 5.62. The highest BCUT2D eigenvalue weighted by Crippen LogP contribution is 2.41. The molecule has 2 N–H and O–H groups in total. The minimum atomic E-state index is 0.357. The van der Waals surface area contributed by atoms with Gasteiger partial charge in [-0.1, -0.05) is 0 Å². The minimum absolute atomic E-state index is 0.357. The molecule has 2 unspecified atom stereocenters. The maximum absolute atomic E-state index is 5.62. The zero-order valence-corrected chi connectivity index (χ0v) is 9.94. The lowest BCUT2D eigenvalue weighted by Crippen LogP contribution is -2.33. The highest BCUT2D eigenvalue weighted by molar-refractivity contribution is 9.10. The van der Waals surface area contributed by atoms with Crippen molar-refractivity contribution in [1.82, 2.24) is 9.97 Å². The van der Waals surface area contributed by atoms with E-state index in [2.05, 4.69) is 30.8 Å². The van der Waals surface area contributed by atoms with Gasteiger partial charge in [0.25, 0.3) is 0 Å². The van der Waals surface area contributed by atoms with E-state index in [1.54, 1.807) is 6.20 Å². The minimum Gasteiger partial charge on any atom is -0.368 e. The summed E-state index contributed by atoms with van der Waals surface area (Å²) in [7, 11) is 0. The maximum Gasteiger partial charge on any atom is 0.222 e. The number of rotatable bonds is 1. The molecule has 1 aromatic heterocycles. The summed E-state index contributed by atoms with van der Waals surface area (Å²) in [6.07, 6.45) is 5.72. The van der Waals surface area contributed by atoms with Crippen molar-refractivity contribution in [2.45, 2.75) is 25.3 Å². The van der Waals surface area contributed by atoms with Crippen LogP contribution in [0.5, 0.6) is 0 Å². The van der Waals surface area contributed by atoms with Crippen molar-refractivity contribution in [3.8, 4) is 0 Å². The standard InChI is InChI=1S/C10H13BrN4/c11-8-4-13-10(12)14-9(8)15-5-6-1-2-7(15)3-6/h4,6-7H,1-3,5H2,(H2,12,13,14). The number of anilines is 2. The molecule has 3 rings (SSSR count). The molecule has 5 heteroatoms. The summed E-state index contributed by atoms with van der Waals surface area (Å²) in [6.45, 7) is 1.12. The van der Waals surface area contributed by atoms with Crippen LogP contribution in [0.25, 0.3) is 0 Å². The van der Waals surface area contributed by atoms with E-state index in [1.807, 2.05) is 0 Å². The molecule has 2 bridgehead atoms. The Morgan fingerprint density at radius 3 is 3.00 bits per heavy atom. The van der Waals surface area contributed by atoms with E-state index < -0.39 is 0 Å². The Hall–Kier alpha value is -0.840. The van der Waals surface area contributed by atoms with Crippen LogP contribution in [0.4, 0.5) is 11.8 Å². The fourth-order valence-electron chi connectivity index (χ4n) is 2.76. The number of aromatic nitrogens is 2. The Morgan fingerprint density at radius 1 is 1.47 bits per heavy atom. The van der Waals surface area contributed by atoms with Gasteiger partial charge < -0.3 is 10.6 Å². The number of hydrogen-bond donors (Lipinski definition) is 1. The van der Waals surface area contributed by atoms with E-state index in [4.69, 9.17) is 5.73 Å². The molecule has 0 spiro atoms. The number of hydrogen-bond acceptors (Lipinski definition) is 4. The molecule has 0 radical (unpaired) electrons. The number of nitrogens with zero attached hydrogens (tertiary/aromatic N) is 3. The van der Waals surface area contributed by atoms with Crippen LogP contribution < -0.4 is 10.6 Å². The van der Waals surface area contributed by atoms with E-state index in [1.165, 1.54) is 19.3 Å². The highest BCUT2D eigenvalue weighted by Gasteiger charge is 2.39. The Morgan fingerprint density at radius 2 is 2.33 bits per heavy atom. The maximum atomic E-state index is 5.62. The SMILES string of the molecule is Nc1ncc(Br)c(N2CC3CCC2C3)n1. The molecule has 15 heavy (non-hydrogen) atoms. The number of nitrogens with two attached hydrogens (primary N) is 1. The van der Waals surface area contributed by atoms with Gasteiger partial charge in [0.2, 0.25) is 5.95 Å². The third-order valence-electron chi connectivity index (χ3n) is 3.43. The molecular weight excluding hydrogens is 256 g/mol. The number of halogens is 1. The van der Waals surface area contributed by atoms with Gasteiger partial charge in [-0.15, -0.1) is 0 Å². The van der Waals surface area contributed by atoms with Crippen LogP contribution >= 0.6 is 15.9 Å². The summed E-state index contributed by atoms with van der Waals surface area (Å²) < 4.78 is 0.948. The van der Waals surface area contributed by atoms with Crippen LogP contribution in [0, 0.1) is 5.92 Å². The second-order valence-electron chi connectivity index (χ2n) is 4.39. The lowest BCUT2D eigenvalue weighted by Gasteiger charge is -2.28. The number of piperidine rings is 1. The fraction of sp³-hybridized carbons (Fsp3) is 0.600. The average Bonchev–Trinajstić information content (AvgIpc) is 2.83. The first-order valence-electron chi connectivity index (χ1n) is 5.28. The van der Waals surface area contributed by atoms with Gasteiger partial charge in [0.1, 0.15) is 5.82 Å². The molecule has 4 nitrogen and oxygen atoms in total. The van der Waals surface area contributed by atoms with Crippen molar-refractivity contribution in [3.05, 3.63) is 10.7 Å². The smallest absolute Gasteiger partial charge is 0.222 e. The molecule has 1 saturated carbocycles. The molecule has 80 valence electrons. The van der Waals surface area contributed by atoms with Crippen molar-refractivity contribution in [2.75, 3.05) is 17.2 Å². The fourth-order valence-corrected chi connectivity index (χ4v) is 3.18. The Kier molecular flexibility index (Phi) is 2.09. The van der Waals surface area contributed by atoms with E-state index in [9.17, 15) is 0 Å². The predicted molar refractivity (Wildman–Crippen MR) is 62.6 cm³/mol. The van der Waals surface area contributed by atoms with Crippen LogP contribution in [-0.4, -0.2) is 22.6 Å². The summed E-state index contributed by atoms with van der Waals surface area (Å²) in [6, 6.07) is 0.667. The lowest BCUT2D eigenvalue weighted by molar-refractivity contribution is 0.550. The van der Waals surface area contributed by atoms with Gasteiger partial charge >= 0.3 is 0 Å². The molecule has 2 aliphatic rings. The van der Waals surface area contributed by atoms with Gasteiger partial charge in [0.15, 0.2) is 0 Å². The van der Waals surface area contributed by atoms with Gasteiger partial charge in [0, 0.05) is 18.8 Å². The number of fused-ring (bicyclic) bond motifs is 2. The molecule has 2 fully saturated rings. The van der Waals surface area contributed by atoms with Crippen LogP contribution in [-0.2, 0) is 0 Å². The monoisotopic (exact) mass is 268 g/mol. The molecule has 2 heterocycles. The summed E-state index contributed by atoms with van der Waals surface area (Å²) >= 11 is 3.49. The van der Waals surface area contributed by atoms with Crippen molar-refractivity contribution in [2.24, 2.45) is 5.92 Å². The zero-order valence-electron chi connectivity index (χ0n) is 8.36. The molecule has 0 aromatic carbocycles. The molecule has 1 aromatic rings. The molecule has 1 aliphatic carbocycles. The largest absolute Gasteiger partial charge is 0.368 e. The summed E-state index contributed by atoms with van der Waals surface area (Å²) in [5, 5.41) is 0. The van der Waals surface area contributed by atoms with E-state index in [-0.39, 0.29) is 0 Å². The molecule has 1 aliphatic heterocycles. The van der Waals surface area contributed by atoms with Gasteiger partial charge in [-0.25, -0.2) is 4.98 Å².